The van der Waals surface area contributed by atoms with Gasteiger partial charge in [0, 0.05) is 45.3 Å². The van der Waals surface area contributed by atoms with Gasteiger partial charge in [0.05, 0.1) is 18.8 Å². The Balaban J connectivity index is 0.00000300. The predicted molar refractivity (Wildman–Crippen MR) is 130 cm³/mol. The van der Waals surface area contributed by atoms with Crippen molar-refractivity contribution in [2.45, 2.75) is 38.8 Å². The first-order valence-corrected chi connectivity index (χ1v) is 10.9. The molecule has 3 heterocycles. The number of likely N-dealkylation sites (N-methyl/N-ethyl adjacent to an activating group) is 1. The molecule has 2 aliphatic rings. The minimum Gasteiger partial charge on any atom is -0.468 e. The molecule has 8 heteroatoms. The maximum atomic E-state index is 5.73. The van der Waals surface area contributed by atoms with E-state index in [4.69, 9.17) is 9.41 Å². The molecular formula is C21H39IN6O. The fourth-order valence-electron chi connectivity index (χ4n) is 4.08. The van der Waals surface area contributed by atoms with Crippen molar-refractivity contribution in [3.63, 3.8) is 0 Å². The zero-order valence-electron chi connectivity index (χ0n) is 18.3. The van der Waals surface area contributed by atoms with E-state index < -0.39 is 0 Å². The molecule has 2 fully saturated rings. The smallest absolute Gasteiger partial charge is 0.191 e. The monoisotopic (exact) mass is 518 g/mol. The van der Waals surface area contributed by atoms with Crippen molar-refractivity contribution in [3.05, 3.63) is 24.2 Å². The van der Waals surface area contributed by atoms with Crippen LogP contribution in [0.4, 0.5) is 0 Å². The average Bonchev–Trinajstić information content (AvgIpc) is 3.41. The van der Waals surface area contributed by atoms with Crippen LogP contribution in [0.2, 0.25) is 0 Å². The van der Waals surface area contributed by atoms with Crippen molar-refractivity contribution in [1.29, 1.82) is 0 Å². The number of aliphatic imine (C=N–C) groups is 1. The van der Waals surface area contributed by atoms with E-state index in [1.807, 2.05) is 6.07 Å². The van der Waals surface area contributed by atoms with Gasteiger partial charge in [-0.1, -0.05) is 0 Å². The van der Waals surface area contributed by atoms with Crippen LogP contribution in [0.3, 0.4) is 0 Å². The second-order valence-electron chi connectivity index (χ2n) is 8.06. The van der Waals surface area contributed by atoms with Gasteiger partial charge >= 0.3 is 0 Å². The molecule has 29 heavy (non-hydrogen) atoms. The summed E-state index contributed by atoms with van der Waals surface area (Å²) in [6, 6.07) is 4.79. The summed E-state index contributed by atoms with van der Waals surface area (Å²) in [4.78, 5) is 12.3. The molecule has 0 saturated carbocycles. The molecule has 0 amide bonds. The van der Waals surface area contributed by atoms with Crippen LogP contribution in [-0.2, 0) is 0 Å². The van der Waals surface area contributed by atoms with E-state index in [9.17, 15) is 0 Å². The number of hydrogen-bond donors (Lipinski definition) is 2. The number of halogens is 1. The van der Waals surface area contributed by atoms with E-state index in [0.717, 1.165) is 70.6 Å². The standard InChI is InChI=1S/C21H38N6O.HI/c1-4-22-21(23-16-18(2)26-13-11-25(3)12-14-26)24-17-19(20-8-7-15-28-20)27-9-5-6-10-27;/h7-8,15,18-19H,4-6,9-14,16-17H2,1-3H3,(H2,22,23,24);1H. The van der Waals surface area contributed by atoms with Crippen LogP contribution in [0.25, 0.3) is 0 Å². The number of hydrogen-bond acceptors (Lipinski definition) is 5. The highest BCUT2D eigenvalue weighted by atomic mass is 127. The Morgan fingerprint density at radius 3 is 2.45 bits per heavy atom. The topological polar surface area (TPSA) is 59.3 Å². The highest BCUT2D eigenvalue weighted by molar-refractivity contribution is 14.0. The zero-order valence-corrected chi connectivity index (χ0v) is 20.6. The maximum Gasteiger partial charge on any atom is 0.191 e. The molecule has 7 nitrogen and oxygen atoms in total. The first-order chi connectivity index (χ1) is 13.7. The number of nitrogens with zero attached hydrogens (tertiary/aromatic N) is 4. The number of rotatable bonds is 8. The summed E-state index contributed by atoms with van der Waals surface area (Å²) < 4.78 is 5.73. The van der Waals surface area contributed by atoms with Crippen LogP contribution in [0, 0.1) is 0 Å². The number of guanidine groups is 1. The molecule has 2 saturated heterocycles. The third-order valence-electron chi connectivity index (χ3n) is 5.93. The zero-order chi connectivity index (χ0) is 19.8. The van der Waals surface area contributed by atoms with E-state index in [0.29, 0.717) is 6.04 Å². The summed E-state index contributed by atoms with van der Waals surface area (Å²) in [5, 5.41) is 6.96. The van der Waals surface area contributed by atoms with E-state index in [2.05, 4.69) is 52.3 Å². The number of piperazine rings is 1. The van der Waals surface area contributed by atoms with E-state index in [-0.39, 0.29) is 30.0 Å². The molecule has 2 unspecified atom stereocenters. The minimum absolute atomic E-state index is 0. The van der Waals surface area contributed by atoms with Crippen LogP contribution >= 0.6 is 24.0 Å². The molecule has 2 aliphatic heterocycles. The lowest BCUT2D eigenvalue weighted by atomic mass is 10.2. The normalized spacial score (nSPS) is 21.6. The Kier molecular flexibility index (Phi) is 10.8. The van der Waals surface area contributed by atoms with E-state index in [1.54, 1.807) is 6.26 Å². The van der Waals surface area contributed by atoms with Gasteiger partial charge < -0.3 is 20.0 Å². The van der Waals surface area contributed by atoms with Crippen LogP contribution in [-0.4, -0.2) is 92.7 Å². The Hall–Kier alpha value is -0.840. The van der Waals surface area contributed by atoms with Gasteiger partial charge in [0.2, 0.25) is 0 Å². The summed E-state index contributed by atoms with van der Waals surface area (Å²) in [7, 11) is 2.20. The Bertz CT molecular complexity index is 582. The second-order valence-corrected chi connectivity index (χ2v) is 8.06. The molecule has 0 aromatic carbocycles. The summed E-state index contributed by atoms with van der Waals surface area (Å²) in [6.45, 7) is 13.7. The van der Waals surface area contributed by atoms with Crippen molar-refractivity contribution in [2.75, 3.05) is 66.0 Å². The number of likely N-dealkylation sites (tertiary alicyclic amines) is 1. The minimum atomic E-state index is 0. The molecule has 1 aromatic rings. The van der Waals surface area contributed by atoms with E-state index >= 15 is 0 Å². The first-order valence-electron chi connectivity index (χ1n) is 10.9. The van der Waals surface area contributed by atoms with Crippen molar-refractivity contribution in [2.24, 2.45) is 4.99 Å². The van der Waals surface area contributed by atoms with Crippen LogP contribution in [0.1, 0.15) is 38.5 Å². The van der Waals surface area contributed by atoms with Crippen LogP contribution in [0.5, 0.6) is 0 Å². The summed E-state index contributed by atoms with van der Waals surface area (Å²) in [5.41, 5.74) is 0. The average molecular weight is 518 g/mol. The molecule has 166 valence electrons. The lowest BCUT2D eigenvalue weighted by Crippen LogP contribution is -2.49. The van der Waals surface area contributed by atoms with Gasteiger partial charge in [0.1, 0.15) is 5.76 Å². The fourth-order valence-corrected chi connectivity index (χ4v) is 4.08. The van der Waals surface area contributed by atoms with Crippen molar-refractivity contribution in [1.82, 2.24) is 25.3 Å². The Labute approximate surface area is 193 Å². The molecule has 3 rings (SSSR count). The molecule has 0 radical (unpaired) electrons. The number of nitrogens with one attached hydrogen (secondary N) is 2. The highest BCUT2D eigenvalue weighted by Gasteiger charge is 2.25. The molecular weight excluding hydrogens is 479 g/mol. The predicted octanol–water partition coefficient (Wildman–Crippen LogP) is 2.23. The largest absolute Gasteiger partial charge is 0.468 e. The van der Waals surface area contributed by atoms with Crippen LogP contribution in [0.15, 0.2) is 27.8 Å². The van der Waals surface area contributed by atoms with Crippen molar-refractivity contribution >= 4 is 29.9 Å². The van der Waals surface area contributed by atoms with Gasteiger partial charge in [0.15, 0.2) is 5.96 Å². The first kappa shape index (κ1) is 24.4. The van der Waals surface area contributed by atoms with Gasteiger partial charge in [-0.2, -0.15) is 0 Å². The van der Waals surface area contributed by atoms with Gasteiger partial charge in [-0.25, -0.2) is 0 Å². The molecule has 2 N–H and O–H groups in total. The van der Waals surface area contributed by atoms with Crippen molar-refractivity contribution in [3.8, 4) is 0 Å². The maximum absolute atomic E-state index is 5.73. The Morgan fingerprint density at radius 1 is 1.10 bits per heavy atom. The molecule has 0 aliphatic carbocycles. The highest BCUT2D eigenvalue weighted by Crippen LogP contribution is 2.24. The second kappa shape index (κ2) is 12.8. The Morgan fingerprint density at radius 2 is 1.83 bits per heavy atom. The lowest BCUT2D eigenvalue weighted by molar-refractivity contribution is 0.122. The van der Waals surface area contributed by atoms with Gasteiger partial charge in [0.25, 0.3) is 0 Å². The third-order valence-corrected chi connectivity index (χ3v) is 5.93. The fraction of sp³-hybridized carbons (Fsp3) is 0.762. The van der Waals surface area contributed by atoms with Gasteiger partial charge in [-0.05, 0) is 59.0 Å². The van der Waals surface area contributed by atoms with E-state index in [1.165, 1.54) is 12.8 Å². The number of furan rings is 1. The molecule has 0 spiro atoms. The summed E-state index contributed by atoms with van der Waals surface area (Å²) in [6.07, 6.45) is 4.32. The van der Waals surface area contributed by atoms with Gasteiger partial charge in [-0.3, -0.25) is 14.8 Å². The summed E-state index contributed by atoms with van der Waals surface area (Å²) in [5.74, 6) is 1.94. The molecule has 0 bridgehead atoms. The summed E-state index contributed by atoms with van der Waals surface area (Å²) >= 11 is 0. The SMILES string of the molecule is CCNC(=NCC(C)N1CCN(C)CC1)NCC(c1ccco1)N1CCCC1.I. The lowest BCUT2D eigenvalue weighted by Gasteiger charge is -2.36. The van der Waals surface area contributed by atoms with Crippen molar-refractivity contribution < 1.29 is 4.42 Å². The quantitative estimate of drug-likeness (QED) is 0.313. The van der Waals surface area contributed by atoms with Crippen LogP contribution < -0.4 is 10.6 Å². The molecule has 2 atom stereocenters. The third kappa shape index (κ3) is 7.41. The van der Waals surface area contributed by atoms with Gasteiger partial charge in [-0.15, -0.1) is 24.0 Å². The molecule has 1 aromatic heterocycles.